The average Bonchev–Trinajstić information content (AvgIpc) is 2.95. The molecule has 0 aliphatic carbocycles. The number of nitrogens with one attached hydrogen (secondary N) is 1. The molecule has 0 aromatic heterocycles. The van der Waals surface area contributed by atoms with E-state index < -0.39 is 85.7 Å². The predicted octanol–water partition coefficient (Wildman–Crippen LogP) is 1.56. The number of rotatable bonds is 12. The van der Waals surface area contributed by atoms with E-state index >= 15 is 0 Å². The number of benzene rings is 1. The number of carbonyl (C=O) groups is 6. The second-order valence-electron chi connectivity index (χ2n) is 10.5. The minimum Gasteiger partial charge on any atom is -0.465 e. The van der Waals surface area contributed by atoms with Crippen LogP contribution in [-0.4, -0.2) is 98.2 Å². The minimum atomic E-state index is -1.45. The third kappa shape index (κ3) is 11.3. The molecule has 1 aromatic carbocycles. The maximum absolute atomic E-state index is 12.2. The number of hydrogen-bond donors (Lipinski definition) is 1. The van der Waals surface area contributed by atoms with Crippen LogP contribution in [0.1, 0.15) is 54.4 Å². The molecule has 0 spiro atoms. The third-order valence-corrected chi connectivity index (χ3v) is 6.58. The lowest BCUT2D eigenvalue weighted by molar-refractivity contribution is -0.332. The number of hydrogen-bond acceptors (Lipinski definition) is 15. The van der Waals surface area contributed by atoms with E-state index in [1.807, 2.05) is 0 Å². The Hall–Kier alpha value is -4.28. The summed E-state index contributed by atoms with van der Waals surface area (Å²) >= 11 is 0. The molecule has 1 aromatic rings. The van der Waals surface area contributed by atoms with E-state index in [2.05, 4.69) is 5.32 Å². The van der Waals surface area contributed by atoms with E-state index in [9.17, 15) is 28.8 Å². The Bertz CT molecular complexity index is 1250. The van der Waals surface area contributed by atoms with Crippen molar-refractivity contribution in [1.29, 1.82) is 0 Å². The van der Waals surface area contributed by atoms with Gasteiger partial charge in [-0.1, -0.05) is 0 Å². The topological polar surface area (TPSA) is 198 Å². The molecule has 2 aliphatic heterocycles. The van der Waals surface area contributed by atoms with Crippen LogP contribution in [0.2, 0.25) is 0 Å². The Balaban J connectivity index is 1.86. The van der Waals surface area contributed by atoms with E-state index in [4.69, 9.17) is 42.6 Å². The van der Waals surface area contributed by atoms with Gasteiger partial charge in [0.25, 0.3) is 0 Å². The van der Waals surface area contributed by atoms with Crippen molar-refractivity contribution >= 4 is 41.4 Å². The minimum absolute atomic E-state index is 0.222. The smallest absolute Gasteiger partial charge is 0.303 e. The number of carbonyl (C=O) groups excluding carboxylic acids is 6. The van der Waals surface area contributed by atoms with Crippen LogP contribution < -0.4 is 10.1 Å². The second kappa shape index (κ2) is 16.9. The van der Waals surface area contributed by atoms with E-state index in [0.29, 0.717) is 17.9 Å². The van der Waals surface area contributed by atoms with Crippen LogP contribution in [-0.2, 0) is 66.7 Å². The molecule has 2 heterocycles. The highest BCUT2D eigenvalue weighted by molar-refractivity contribution is 5.88. The van der Waals surface area contributed by atoms with Gasteiger partial charge in [0.2, 0.25) is 5.91 Å². The zero-order valence-electron chi connectivity index (χ0n) is 26.4. The molecular weight excluding hydrogens is 614 g/mol. The first kappa shape index (κ1) is 36.2. The molecule has 2 saturated heterocycles. The van der Waals surface area contributed by atoms with Gasteiger partial charge in [0, 0.05) is 53.7 Å². The monoisotopic (exact) mass is 653 g/mol. The second-order valence-corrected chi connectivity index (χ2v) is 10.5. The SMILES string of the molecule is CC(=O)Nc1ccc(O[C@@H]2CC[C@H](O[C@H]3OC(COC(C)=O)[C@@H](OC(C)=O)C(OC(C)=O)[C@H]3OC(C)=O)C(COC(C)=O)O2)cc1. The molecule has 3 unspecified atom stereocenters. The number of ether oxygens (including phenoxy) is 9. The van der Waals surface area contributed by atoms with Crippen molar-refractivity contribution in [2.24, 2.45) is 0 Å². The third-order valence-electron chi connectivity index (χ3n) is 6.58. The summed E-state index contributed by atoms with van der Waals surface area (Å²) in [6.45, 7) is 6.46. The highest BCUT2D eigenvalue weighted by Crippen LogP contribution is 2.33. The van der Waals surface area contributed by atoms with E-state index in [-0.39, 0.29) is 18.9 Å². The fourth-order valence-corrected chi connectivity index (χ4v) is 4.87. The van der Waals surface area contributed by atoms with Crippen LogP contribution >= 0.6 is 0 Å². The van der Waals surface area contributed by atoms with Gasteiger partial charge in [0.1, 0.15) is 31.2 Å². The Morgan fingerprint density at radius 1 is 0.674 bits per heavy atom. The van der Waals surface area contributed by atoms with Crippen molar-refractivity contribution in [3.8, 4) is 5.75 Å². The van der Waals surface area contributed by atoms with E-state index in [0.717, 1.165) is 27.7 Å². The van der Waals surface area contributed by atoms with Crippen LogP contribution in [0.4, 0.5) is 5.69 Å². The number of esters is 5. The lowest BCUT2D eigenvalue weighted by Crippen LogP contribution is -2.64. The summed E-state index contributed by atoms with van der Waals surface area (Å²) in [4.78, 5) is 70.9. The zero-order valence-corrected chi connectivity index (χ0v) is 26.4. The van der Waals surface area contributed by atoms with Gasteiger partial charge in [-0.25, -0.2) is 0 Å². The molecule has 8 atom stereocenters. The maximum atomic E-state index is 12.2. The van der Waals surface area contributed by atoms with Gasteiger partial charge in [-0.15, -0.1) is 0 Å². The summed E-state index contributed by atoms with van der Waals surface area (Å²) in [7, 11) is 0. The van der Waals surface area contributed by atoms with Crippen LogP contribution in [0.15, 0.2) is 24.3 Å². The van der Waals surface area contributed by atoms with Crippen LogP contribution in [0.25, 0.3) is 0 Å². The van der Waals surface area contributed by atoms with Gasteiger partial charge in [-0.3, -0.25) is 28.8 Å². The van der Waals surface area contributed by atoms with Gasteiger partial charge >= 0.3 is 29.8 Å². The van der Waals surface area contributed by atoms with Gasteiger partial charge in [0.15, 0.2) is 30.9 Å². The molecule has 46 heavy (non-hydrogen) atoms. The summed E-state index contributed by atoms with van der Waals surface area (Å²) in [5.74, 6) is -3.35. The van der Waals surface area contributed by atoms with Crippen molar-refractivity contribution in [3.05, 3.63) is 24.3 Å². The van der Waals surface area contributed by atoms with Gasteiger partial charge in [-0.05, 0) is 30.7 Å². The molecule has 1 amide bonds. The maximum Gasteiger partial charge on any atom is 0.303 e. The first-order valence-corrected chi connectivity index (χ1v) is 14.5. The largest absolute Gasteiger partial charge is 0.465 e. The normalized spacial score (nSPS) is 27.3. The molecule has 1 N–H and O–H groups in total. The lowest BCUT2D eigenvalue weighted by atomic mass is 9.97. The molecule has 254 valence electrons. The average molecular weight is 654 g/mol. The first-order chi connectivity index (χ1) is 21.7. The summed E-state index contributed by atoms with van der Waals surface area (Å²) in [5.41, 5.74) is 0.579. The molecule has 16 heteroatoms. The van der Waals surface area contributed by atoms with Crippen molar-refractivity contribution in [1.82, 2.24) is 0 Å². The number of anilines is 1. The Morgan fingerprint density at radius 2 is 1.22 bits per heavy atom. The quantitative estimate of drug-likeness (QED) is 0.252. The summed E-state index contributed by atoms with van der Waals surface area (Å²) in [5, 5.41) is 2.66. The van der Waals surface area contributed by atoms with Crippen molar-refractivity contribution in [3.63, 3.8) is 0 Å². The molecule has 0 bridgehead atoms. The fraction of sp³-hybridized carbons (Fsp3) is 0.600. The zero-order chi connectivity index (χ0) is 34.0. The molecular formula is C30H39NO15. The lowest BCUT2D eigenvalue weighted by Gasteiger charge is -2.46. The van der Waals surface area contributed by atoms with Gasteiger partial charge in [0.05, 0.1) is 6.10 Å². The molecule has 16 nitrogen and oxygen atoms in total. The van der Waals surface area contributed by atoms with Crippen molar-refractivity contribution in [2.75, 3.05) is 18.5 Å². The Labute approximate surface area is 265 Å². The summed E-state index contributed by atoms with van der Waals surface area (Å²) in [6.07, 6.45) is -8.85. The highest BCUT2D eigenvalue weighted by atomic mass is 16.8. The van der Waals surface area contributed by atoms with Crippen molar-refractivity contribution < 1.29 is 71.4 Å². The summed E-state index contributed by atoms with van der Waals surface area (Å²) < 4.78 is 51.0. The van der Waals surface area contributed by atoms with E-state index in [1.165, 1.54) is 13.8 Å². The Morgan fingerprint density at radius 3 is 1.76 bits per heavy atom. The van der Waals surface area contributed by atoms with Gasteiger partial charge < -0.3 is 47.9 Å². The van der Waals surface area contributed by atoms with Crippen molar-refractivity contribution in [2.45, 2.75) is 104 Å². The predicted molar refractivity (Wildman–Crippen MR) is 153 cm³/mol. The molecule has 2 aliphatic rings. The first-order valence-electron chi connectivity index (χ1n) is 14.5. The van der Waals surface area contributed by atoms with E-state index in [1.54, 1.807) is 24.3 Å². The Kier molecular flexibility index (Phi) is 13.3. The number of amides is 1. The van der Waals surface area contributed by atoms with Crippen LogP contribution in [0, 0.1) is 0 Å². The molecule has 3 rings (SSSR count). The fourth-order valence-electron chi connectivity index (χ4n) is 4.87. The molecule has 2 fully saturated rings. The standard InChI is InChI=1S/C30H39NO15/c1-15(32)31-21-7-9-22(10-8-21)43-26-12-11-23(24(44-26)13-38-16(2)33)45-30-29(42-20(6)37)28(41-19(5)36)27(40-18(4)35)25(46-30)14-39-17(3)34/h7-10,23-30H,11-14H2,1-6H3,(H,31,32)/t23-,24?,25?,26-,27+,28?,29+,30-/m0/s1. The van der Waals surface area contributed by atoms with Crippen LogP contribution in [0.3, 0.4) is 0 Å². The molecule has 0 saturated carbocycles. The van der Waals surface area contributed by atoms with Gasteiger partial charge in [-0.2, -0.15) is 0 Å². The summed E-state index contributed by atoms with van der Waals surface area (Å²) in [6, 6.07) is 6.62. The molecule has 0 radical (unpaired) electrons. The van der Waals surface area contributed by atoms with Crippen LogP contribution in [0.5, 0.6) is 5.75 Å². The highest BCUT2D eigenvalue weighted by Gasteiger charge is 2.54.